The second-order valence-electron chi connectivity index (χ2n) is 10.5. The summed E-state index contributed by atoms with van der Waals surface area (Å²) < 4.78 is 11.5. The van der Waals surface area contributed by atoms with Crippen molar-refractivity contribution in [2.75, 3.05) is 45.3 Å². The molecule has 1 fully saturated rings. The van der Waals surface area contributed by atoms with E-state index in [0.29, 0.717) is 16.0 Å². The lowest BCUT2D eigenvalue weighted by atomic mass is 9.94. The van der Waals surface area contributed by atoms with Gasteiger partial charge in [-0.1, -0.05) is 37.3 Å². The number of hydrogen-bond acceptors (Lipinski definition) is 8. The molecule has 3 heterocycles. The van der Waals surface area contributed by atoms with Crippen LogP contribution in [0.1, 0.15) is 34.6 Å². The van der Waals surface area contributed by atoms with E-state index in [0.717, 1.165) is 48.3 Å². The van der Waals surface area contributed by atoms with Gasteiger partial charge in [-0.15, -0.1) is 11.3 Å². The number of amidine groups is 1. The summed E-state index contributed by atoms with van der Waals surface area (Å²) in [6, 6.07) is 10.9. The van der Waals surface area contributed by atoms with Crippen LogP contribution in [0, 0.1) is 12.8 Å². The van der Waals surface area contributed by atoms with Gasteiger partial charge in [-0.25, -0.2) is 9.59 Å². The maximum Gasteiger partial charge on any atom is 0.351 e. The highest BCUT2D eigenvalue weighted by Gasteiger charge is 2.36. The molecule has 0 saturated carbocycles. The number of nitrogens with one attached hydrogen (secondary N) is 1. The first-order valence-electron chi connectivity index (χ1n) is 13.1. The number of nitrogens with zero attached hydrogens (tertiary/aromatic N) is 3. The third-order valence-electron chi connectivity index (χ3n) is 7.39. The van der Waals surface area contributed by atoms with Crippen LogP contribution in [-0.4, -0.2) is 79.3 Å². The Hall–Kier alpha value is -3.43. The molecule has 3 atom stereocenters. The van der Waals surface area contributed by atoms with Gasteiger partial charge in [-0.05, 0) is 38.1 Å². The van der Waals surface area contributed by atoms with Crippen molar-refractivity contribution in [1.82, 2.24) is 4.90 Å². The number of aryl methyl sites for hydroxylation is 1. The van der Waals surface area contributed by atoms with Crippen molar-refractivity contribution in [2.45, 2.75) is 32.9 Å². The lowest BCUT2D eigenvalue weighted by Crippen LogP contribution is -2.59. The van der Waals surface area contributed by atoms with Gasteiger partial charge < -0.3 is 19.7 Å². The largest absolute Gasteiger partial charge is 0.447 e. The fourth-order valence-electron chi connectivity index (χ4n) is 4.96. The van der Waals surface area contributed by atoms with Crippen LogP contribution in [0.15, 0.2) is 65.3 Å². The number of allylic oxidation sites excluding steroid dienone is 2. The van der Waals surface area contributed by atoms with Crippen LogP contribution in [0.3, 0.4) is 0 Å². The maximum absolute atomic E-state index is 12.6. The monoisotopic (exact) mass is 535 g/mol. The van der Waals surface area contributed by atoms with E-state index in [9.17, 15) is 9.59 Å². The van der Waals surface area contributed by atoms with E-state index >= 15 is 0 Å². The van der Waals surface area contributed by atoms with Crippen molar-refractivity contribution < 1.29 is 23.5 Å². The molecular weight excluding hydrogens is 500 g/mol. The molecule has 0 bridgehead atoms. The minimum absolute atomic E-state index is 0.0683. The summed E-state index contributed by atoms with van der Waals surface area (Å²) in [5.74, 6) is 0.284. The van der Waals surface area contributed by atoms with Gasteiger partial charge in [0, 0.05) is 16.5 Å². The zero-order valence-corrected chi connectivity index (χ0v) is 23.2. The van der Waals surface area contributed by atoms with Crippen LogP contribution in [0.2, 0.25) is 0 Å². The predicted molar refractivity (Wildman–Crippen MR) is 149 cm³/mol. The van der Waals surface area contributed by atoms with E-state index in [1.165, 1.54) is 4.88 Å². The molecule has 9 heteroatoms. The van der Waals surface area contributed by atoms with Crippen LogP contribution >= 0.6 is 11.3 Å². The van der Waals surface area contributed by atoms with Crippen LogP contribution in [0.5, 0.6) is 0 Å². The molecule has 0 amide bonds. The van der Waals surface area contributed by atoms with E-state index in [1.807, 2.05) is 6.07 Å². The minimum Gasteiger partial charge on any atom is -0.447 e. The highest BCUT2D eigenvalue weighted by Crippen LogP contribution is 2.36. The summed E-state index contributed by atoms with van der Waals surface area (Å²) in [5, 5.41) is 4.80. The van der Waals surface area contributed by atoms with Crippen LogP contribution in [0.4, 0.5) is 5.00 Å². The molecule has 0 radical (unpaired) electrons. The Balaban J connectivity index is 1.21. The van der Waals surface area contributed by atoms with Gasteiger partial charge in [-0.3, -0.25) is 9.48 Å². The molecule has 3 unspecified atom stereocenters. The smallest absolute Gasteiger partial charge is 0.351 e. The molecule has 200 valence electrons. The van der Waals surface area contributed by atoms with Crippen LogP contribution in [-0.2, 0) is 14.3 Å². The molecule has 2 aromatic rings. The highest BCUT2D eigenvalue weighted by molar-refractivity contribution is 7.16. The number of rotatable bonds is 5. The van der Waals surface area contributed by atoms with E-state index in [2.05, 4.69) is 55.4 Å². The number of carbonyl (C=O) groups excluding carboxylic acids is 2. The first kappa shape index (κ1) is 26.2. The first-order valence-corrected chi connectivity index (χ1v) is 13.9. The molecule has 1 aliphatic carbocycles. The Bertz CT molecular complexity index is 1290. The topological polar surface area (TPSA) is 80.2 Å². The number of piperazine rings is 1. The average Bonchev–Trinajstić information content (AvgIpc) is 3.20. The quantitative estimate of drug-likeness (QED) is 0.457. The number of fused-ring (bicyclic) bond motifs is 2. The first-order chi connectivity index (χ1) is 18.2. The minimum atomic E-state index is -0.975. The van der Waals surface area contributed by atoms with E-state index in [-0.39, 0.29) is 12.8 Å². The molecule has 1 aromatic carbocycles. The lowest BCUT2D eigenvalue weighted by Gasteiger charge is -2.42. The van der Waals surface area contributed by atoms with Gasteiger partial charge in [0.1, 0.15) is 10.8 Å². The molecule has 0 spiro atoms. The Morgan fingerprint density at radius 2 is 1.97 bits per heavy atom. The lowest BCUT2D eigenvalue weighted by molar-refractivity contribution is -0.929. The van der Waals surface area contributed by atoms with Crippen LogP contribution in [0.25, 0.3) is 0 Å². The number of anilines is 1. The number of carbonyl (C=O) groups is 2. The fourth-order valence-corrected chi connectivity index (χ4v) is 5.89. The predicted octanol–water partition coefficient (Wildman–Crippen LogP) is 4.20. The molecule has 8 nitrogen and oxygen atoms in total. The number of esters is 2. The Labute approximate surface area is 227 Å². The Morgan fingerprint density at radius 1 is 1.24 bits per heavy atom. The molecule has 2 aliphatic heterocycles. The Kier molecular flexibility index (Phi) is 7.40. The third kappa shape index (κ3) is 5.54. The molecule has 5 rings (SSSR count). The molecule has 1 N–H and O–H groups in total. The van der Waals surface area contributed by atoms with Crippen molar-refractivity contribution in [3.05, 3.63) is 76.3 Å². The van der Waals surface area contributed by atoms with E-state index < -0.39 is 18.0 Å². The molecule has 1 saturated heterocycles. The number of benzene rings is 1. The second kappa shape index (κ2) is 10.7. The molecule has 38 heavy (non-hydrogen) atoms. The summed E-state index contributed by atoms with van der Waals surface area (Å²) >= 11 is 1.76. The Morgan fingerprint density at radius 3 is 2.71 bits per heavy atom. The van der Waals surface area contributed by atoms with E-state index in [1.54, 1.807) is 42.5 Å². The van der Waals surface area contributed by atoms with Crippen molar-refractivity contribution in [3.63, 3.8) is 0 Å². The number of quaternary nitrogens is 1. The van der Waals surface area contributed by atoms with Crippen molar-refractivity contribution in [3.8, 4) is 0 Å². The number of hydrogen-bond donors (Lipinski definition) is 1. The second-order valence-corrected chi connectivity index (χ2v) is 11.8. The van der Waals surface area contributed by atoms with Gasteiger partial charge in [0.2, 0.25) is 6.73 Å². The normalized spacial score (nSPS) is 22.6. The summed E-state index contributed by atoms with van der Waals surface area (Å²) in [5.41, 5.74) is 2.71. The number of ether oxygens (including phenoxy) is 2. The van der Waals surface area contributed by atoms with Crippen molar-refractivity contribution in [2.24, 2.45) is 10.9 Å². The summed E-state index contributed by atoms with van der Waals surface area (Å²) in [7, 11) is 2.09. The van der Waals surface area contributed by atoms with Gasteiger partial charge >= 0.3 is 11.9 Å². The van der Waals surface area contributed by atoms with Gasteiger partial charge in [0.25, 0.3) is 0 Å². The van der Waals surface area contributed by atoms with E-state index in [4.69, 9.17) is 14.5 Å². The standard InChI is InChI=1S/C29H35N4O4S/c1-19-9-8-12-24-25(19)31-26(23-17-20(2)38-27(23)30-24)32-13-15-33(4,16-14-32)18-36-28(34)21(3)37-29(35)22-10-6-5-7-11-22/h5-12,17,19,21,25,30H,13-16,18H2,1-4H3/q+1. The molecule has 1 aromatic heterocycles. The van der Waals surface area contributed by atoms with Gasteiger partial charge in [0.15, 0.2) is 6.10 Å². The number of likely N-dealkylation sites (N-methyl/N-ethyl adjacent to an activating group) is 1. The zero-order valence-electron chi connectivity index (χ0n) is 22.3. The molecule has 3 aliphatic rings. The summed E-state index contributed by atoms with van der Waals surface area (Å²) in [4.78, 5) is 33.8. The number of aliphatic imine (C=N–C) groups is 1. The SMILES string of the molecule is Cc1cc2c(s1)NC1=CC=CC(C)C1N=C2N1CC[N+](C)(COC(=O)C(C)OC(=O)c2ccccc2)CC1. The molecular formula is C29H35N4O4S+. The summed E-state index contributed by atoms with van der Waals surface area (Å²) in [6.07, 6.45) is 5.47. The van der Waals surface area contributed by atoms with Crippen LogP contribution < -0.4 is 5.32 Å². The zero-order chi connectivity index (χ0) is 26.9. The maximum atomic E-state index is 12.6. The van der Waals surface area contributed by atoms with Gasteiger partial charge in [0.05, 0.1) is 50.4 Å². The fraction of sp³-hybridized carbons (Fsp3) is 0.414. The highest BCUT2D eigenvalue weighted by atomic mass is 32.1. The van der Waals surface area contributed by atoms with Crippen molar-refractivity contribution in [1.29, 1.82) is 0 Å². The summed E-state index contributed by atoms with van der Waals surface area (Å²) in [6.45, 7) is 9.32. The average molecular weight is 536 g/mol. The number of thiophene rings is 1. The van der Waals surface area contributed by atoms with Crippen molar-refractivity contribution >= 4 is 34.1 Å². The third-order valence-corrected chi connectivity index (χ3v) is 8.35. The van der Waals surface area contributed by atoms with Gasteiger partial charge in [-0.2, -0.15) is 0 Å².